The lowest BCUT2D eigenvalue weighted by atomic mass is 9.79. The van der Waals surface area contributed by atoms with E-state index < -0.39 is 0 Å². The Labute approximate surface area is 65.0 Å². The fraction of sp³-hybridized carbons (Fsp3) is 1.00. The molecular weight excluding hydrogens is 120 g/mol. The van der Waals surface area contributed by atoms with Crippen LogP contribution in [0.25, 0.3) is 0 Å². The molecule has 0 saturated heterocycles. The van der Waals surface area contributed by atoms with E-state index in [0.717, 1.165) is 11.8 Å². The van der Waals surface area contributed by atoms with Crippen molar-refractivity contribution in [1.29, 1.82) is 0 Å². The van der Waals surface area contributed by atoms with Crippen molar-refractivity contribution in [2.75, 3.05) is 0 Å². The highest BCUT2D eigenvalue weighted by Gasteiger charge is 2.37. The Morgan fingerprint density at radius 1 is 1.40 bits per heavy atom. The van der Waals surface area contributed by atoms with Crippen LogP contribution in [0.1, 0.15) is 47.0 Å². The molecule has 0 aromatic rings. The molecule has 1 rings (SSSR count). The molecule has 0 aliphatic heterocycles. The molecule has 10 heavy (non-hydrogen) atoms. The molecule has 0 nitrogen and oxygen atoms in total. The first-order chi connectivity index (χ1) is 4.58. The first-order valence-electron chi connectivity index (χ1n) is 4.58. The van der Waals surface area contributed by atoms with Gasteiger partial charge >= 0.3 is 0 Å². The van der Waals surface area contributed by atoms with E-state index in [9.17, 15) is 0 Å². The van der Waals surface area contributed by atoms with E-state index >= 15 is 0 Å². The number of hydrogen-bond donors (Lipinski definition) is 0. The van der Waals surface area contributed by atoms with E-state index in [-0.39, 0.29) is 0 Å². The van der Waals surface area contributed by atoms with Crippen molar-refractivity contribution in [2.24, 2.45) is 17.3 Å². The van der Waals surface area contributed by atoms with Gasteiger partial charge in [0.25, 0.3) is 0 Å². The normalized spacial score (nSPS) is 38.4. The minimum atomic E-state index is 0.626. The van der Waals surface area contributed by atoms with Crippen LogP contribution in [0.3, 0.4) is 0 Å². The molecule has 1 aliphatic rings. The second-order valence-electron chi connectivity index (χ2n) is 4.48. The molecular formula is C10H20. The second kappa shape index (κ2) is 2.56. The molecule has 0 heterocycles. The maximum atomic E-state index is 2.42. The summed E-state index contributed by atoms with van der Waals surface area (Å²) in [5.41, 5.74) is 0.626. The van der Waals surface area contributed by atoms with Crippen LogP contribution in [0.4, 0.5) is 0 Å². The Morgan fingerprint density at radius 3 is 2.20 bits per heavy atom. The van der Waals surface area contributed by atoms with Crippen molar-refractivity contribution in [3.05, 3.63) is 0 Å². The third kappa shape index (κ3) is 1.21. The Balaban J connectivity index is 2.58. The van der Waals surface area contributed by atoms with Crippen molar-refractivity contribution in [1.82, 2.24) is 0 Å². The lowest BCUT2D eigenvalue weighted by Crippen LogP contribution is -2.18. The lowest BCUT2D eigenvalue weighted by Gasteiger charge is -2.26. The predicted molar refractivity (Wildman–Crippen MR) is 46.0 cm³/mol. The Bertz CT molecular complexity index is 113. The summed E-state index contributed by atoms with van der Waals surface area (Å²) in [5.74, 6) is 1.95. The molecule has 1 aliphatic carbocycles. The van der Waals surface area contributed by atoms with Gasteiger partial charge in [-0.15, -0.1) is 0 Å². The topological polar surface area (TPSA) is 0 Å². The van der Waals surface area contributed by atoms with Crippen molar-refractivity contribution < 1.29 is 0 Å². The summed E-state index contributed by atoms with van der Waals surface area (Å²) in [7, 11) is 0. The Kier molecular flexibility index (Phi) is 2.07. The van der Waals surface area contributed by atoms with Gasteiger partial charge in [-0.3, -0.25) is 0 Å². The first-order valence-corrected chi connectivity index (χ1v) is 4.58. The molecule has 0 amide bonds. The van der Waals surface area contributed by atoms with Gasteiger partial charge in [0, 0.05) is 0 Å². The minimum Gasteiger partial charge on any atom is -0.0651 e. The highest BCUT2D eigenvalue weighted by molar-refractivity contribution is 4.87. The zero-order valence-electron chi connectivity index (χ0n) is 7.78. The van der Waals surface area contributed by atoms with Crippen LogP contribution in [0, 0.1) is 17.3 Å². The summed E-state index contributed by atoms with van der Waals surface area (Å²) in [4.78, 5) is 0. The van der Waals surface area contributed by atoms with Crippen LogP contribution in [0.5, 0.6) is 0 Å². The quantitative estimate of drug-likeness (QED) is 0.523. The molecule has 0 radical (unpaired) electrons. The van der Waals surface area contributed by atoms with Gasteiger partial charge in [-0.1, -0.05) is 34.1 Å². The molecule has 60 valence electrons. The summed E-state index contributed by atoms with van der Waals surface area (Å²) in [6, 6.07) is 0. The van der Waals surface area contributed by atoms with Crippen LogP contribution in [-0.2, 0) is 0 Å². The predicted octanol–water partition coefficient (Wildman–Crippen LogP) is 3.47. The standard InChI is InChI=1S/C10H20/c1-5-9-6-7-10(3,4)8(9)2/h8-9H,5-7H2,1-4H3/t8-,9-/m0/s1. The average molecular weight is 140 g/mol. The van der Waals surface area contributed by atoms with Gasteiger partial charge in [-0.05, 0) is 30.1 Å². The molecule has 0 heteroatoms. The van der Waals surface area contributed by atoms with E-state index in [4.69, 9.17) is 0 Å². The maximum absolute atomic E-state index is 2.42. The van der Waals surface area contributed by atoms with E-state index in [0.29, 0.717) is 5.41 Å². The van der Waals surface area contributed by atoms with Gasteiger partial charge in [0.1, 0.15) is 0 Å². The molecule has 2 atom stereocenters. The molecule has 1 fully saturated rings. The summed E-state index contributed by atoms with van der Waals surface area (Å²) < 4.78 is 0. The molecule has 0 bridgehead atoms. The van der Waals surface area contributed by atoms with Gasteiger partial charge in [-0.25, -0.2) is 0 Å². The average Bonchev–Trinajstić information content (AvgIpc) is 2.10. The van der Waals surface area contributed by atoms with Gasteiger partial charge in [0.2, 0.25) is 0 Å². The second-order valence-corrected chi connectivity index (χ2v) is 4.48. The first kappa shape index (κ1) is 8.10. The molecule has 0 spiro atoms. The van der Waals surface area contributed by atoms with E-state index in [1.54, 1.807) is 0 Å². The zero-order valence-corrected chi connectivity index (χ0v) is 7.78. The van der Waals surface area contributed by atoms with Crippen LogP contribution in [0.15, 0.2) is 0 Å². The Morgan fingerprint density at radius 2 is 2.00 bits per heavy atom. The van der Waals surface area contributed by atoms with Gasteiger partial charge in [0.15, 0.2) is 0 Å². The van der Waals surface area contributed by atoms with Crippen LogP contribution >= 0.6 is 0 Å². The third-order valence-electron chi connectivity index (χ3n) is 3.62. The third-order valence-corrected chi connectivity index (χ3v) is 3.62. The maximum Gasteiger partial charge on any atom is -0.0326 e. The minimum absolute atomic E-state index is 0.626. The SMILES string of the molecule is CC[C@H]1CCC(C)(C)[C@H]1C. The smallest absolute Gasteiger partial charge is 0.0326 e. The summed E-state index contributed by atoms with van der Waals surface area (Å²) in [6.07, 6.45) is 4.28. The number of rotatable bonds is 1. The van der Waals surface area contributed by atoms with Crippen molar-refractivity contribution in [2.45, 2.75) is 47.0 Å². The van der Waals surface area contributed by atoms with Crippen molar-refractivity contribution in [3.8, 4) is 0 Å². The molecule has 0 unspecified atom stereocenters. The van der Waals surface area contributed by atoms with Crippen molar-refractivity contribution in [3.63, 3.8) is 0 Å². The largest absolute Gasteiger partial charge is 0.0651 e. The fourth-order valence-corrected chi connectivity index (χ4v) is 2.23. The van der Waals surface area contributed by atoms with Crippen LogP contribution in [-0.4, -0.2) is 0 Å². The highest BCUT2D eigenvalue weighted by Crippen LogP contribution is 2.47. The molecule has 0 aromatic heterocycles. The van der Waals surface area contributed by atoms with Crippen LogP contribution in [0.2, 0.25) is 0 Å². The monoisotopic (exact) mass is 140 g/mol. The highest BCUT2D eigenvalue weighted by atomic mass is 14.4. The van der Waals surface area contributed by atoms with Crippen molar-refractivity contribution >= 4 is 0 Å². The molecule has 1 saturated carbocycles. The Hall–Kier alpha value is 0. The summed E-state index contributed by atoms with van der Waals surface area (Å²) >= 11 is 0. The number of hydrogen-bond acceptors (Lipinski definition) is 0. The van der Waals surface area contributed by atoms with E-state index in [1.807, 2.05) is 0 Å². The van der Waals surface area contributed by atoms with Gasteiger partial charge in [-0.2, -0.15) is 0 Å². The molecule has 0 N–H and O–H groups in total. The summed E-state index contributed by atoms with van der Waals surface area (Å²) in [6.45, 7) is 9.56. The van der Waals surface area contributed by atoms with E-state index in [1.165, 1.54) is 19.3 Å². The van der Waals surface area contributed by atoms with Gasteiger partial charge < -0.3 is 0 Å². The van der Waals surface area contributed by atoms with E-state index in [2.05, 4.69) is 27.7 Å². The van der Waals surface area contributed by atoms with Crippen LogP contribution < -0.4 is 0 Å². The van der Waals surface area contributed by atoms with Gasteiger partial charge in [0.05, 0.1) is 0 Å². The summed E-state index contributed by atoms with van der Waals surface area (Å²) in [5, 5.41) is 0. The fourth-order valence-electron chi connectivity index (χ4n) is 2.23. The lowest BCUT2D eigenvalue weighted by molar-refractivity contribution is 0.236. The molecule has 0 aromatic carbocycles. The zero-order chi connectivity index (χ0) is 7.78.